The van der Waals surface area contributed by atoms with Crippen LogP contribution in [0.15, 0.2) is 47.1 Å². The van der Waals surface area contributed by atoms with Crippen molar-refractivity contribution in [3.63, 3.8) is 0 Å². The fourth-order valence-corrected chi connectivity index (χ4v) is 2.84. The van der Waals surface area contributed by atoms with Gasteiger partial charge in [0.2, 0.25) is 0 Å². The van der Waals surface area contributed by atoms with E-state index < -0.39 is 0 Å². The van der Waals surface area contributed by atoms with Gasteiger partial charge in [0, 0.05) is 32.7 Å². The van der Waals surface area contributed by atoms with Crippen molar-refractivity contribution in [3.8, 4) is 0 Å². The number of aryl methyl sites for hydroxylation is 1. The Bertz CT molecular complexity index is 631. The van der Waals surface area contributed by atoms with Gasteiger partial charge in [-0.3, -0.25) is 4.90 Å². The zero-order valence-electron chi connectivity index (χ0n) is 13.5. The van der Waals surface area contributed by atoms with Gasteiger partial charge in [0.15, 0.2) is 0 Å². The Labute approximate surface area is 136 Å². The van der Waals surface area contributed by atoms with Gasteiger partial charge < -0.3 is 14.6 Å². The Hall–Kier alpha value is -2.27. The van der Waals surface area contributed by atoms with Crippen molar-refractivity contribution in [2.75, 3.05) is 26.2 Å². The molecule has 1 N–H and O–H groups in total. The van der Waals surface area contributed by atoms with E-state index in [0.717, 1.165) is 44.0 Å². The zero-order valence-corrected chi connectivity index (χ0v) is 13.5. The van der Waals surface area contributed by atoms with Crippen LogP contribution in [0, 0.1) is 6.92 Å². The quantitative estimate of drug-likeness (QED) is 0.944. The number of hydrogen-bond donors (Lipinski definition) is 1. The summed E-state index contributed by atoms with van der Waals surface area (Å²) in [4.78, 5) is 16.4. The first kappa shape index (κ1) is 15.6. The summed E-state index contributed by atoms with van der Waals surface area (Å²) in [6.45, 7) is 6.69. The van der Waals surface area contributed by atoms with Crippen LogP contribution in [0.4, 0.5) is 4.79 Å². The molecule has 0 bridgehead atoms. The number of amides is 2. The van der Waals surface area contributed by atoms with Crippen molar-refractivity contribution in [1.29, 1.82) is 0 Å². The summed E-state index contributed by atoms with van der Waals surface area (Å²) < 4.78 is 5.37. The van der Waals surface area contributed by atoms with E-state index in [1.165, 1.54) is 5.56 Å². The second kappa shape index (κ2) is 7.33. The first-order chi connectivity index (χ1) is 11.2. The Morgan fingerprint density at radius 1 is 1.17 bits per heavy atom. The van der Waals surface area contributed by atoms with Crippen LogP contribution < -0.4 is 5.32 Å². The molecule has 2 aromatic rings. The normalized spacial score (nSPS) is 15.6. The minimum atomic E-state index is 0.0177. The molecule has 1 aromatic heterocycles. The third-order valence-corrected chi connectivity index (χ3v) is 4.15. The lowest BCUT2D eigenvalue weighted by Crippen LogP contribution is -2.51. The van der Waals surface area contributed by atoms with Crippen molar-refractivity contribution in [2.45, 2.75) is 20.0 Å². The number of furan rings is 1. The third kappa shape index (κ3) is 4.36. The van der Waals surface area contributed by atoms with Crippen LogP contribution in [0.5, 0.6) is 0 Å². The molecule has 3 rings (SSSR count). The molecule has 1 aromatic carbocycles. The van der Waals surface area contributed by atoms with Gasteiger partial charge in [-0.2, -0.15) is 0 Å². The molecule has 0 unspecified atom stereocenters. The maximum absolute atomic E-state index is 12.3. The molecule has 2 heterocycles. The Kier molecular flexibility index (Phi) is 4.98. The summed E-state index contributed by atoms with van der Waals surface area (Å²) in [6.07, 6.45) is 1.70. The van der Waals surface area contributed by atoms with Crippen LogP contribution in [0.3, 0.4) is 0 Å². The monoisotopic (exact) mass is 313 g/mol. The lowest BCUT2D eigenvalue weighted by atomic mass is 10.1. The van der Waals surface area contributed by atoms with Gasteiger partial charge in [0.05, 0.1) is 12.8 Å². The standard InChI is InChI=1S/C18H23N3O2/c1-15-4-2-5-16(12-15)13-19-18(22)21-9-7-20(8-10-21)14-17-6-3-11-23-17/h2-6,11-12H,7-10,13-14H2,1H3,(H,19,22). The topological polar surface area (TPSA) is 48.7 Å². The van der Waals surface area contributed by atoms with E-state index in [9.17, 15) is 4.79 Å². The summed E-state index contributed by atoms with van der Waals surface area (Å²) >= 11 is 0. The van der Waals surface area contributed by atoms with Crippen LogP contribution in [-0.4, -0.2) is 42.0 Å². The van der Waals surface area contributed by atoms with Crippen LogP contribution in [0.1, 0.15) is 16.9 Å². The first-order valence-corrected chi connectivity index (χ1v) is 8.04. The molecule has 1 aliphatic rings. The SMILES string of the molecule is Cc1cccc(CNC(=O)N2CCN(Cc3ccco3)CC2)c1. The molecule has 0 aliphatic carbocycles. The molecule has 0 atom stereocenters. The average Bonchev–Trinajstić information content (AvgIpc) is 3.06. The van der Waals surface area contributed by atoms with Crippen molar-refractivity contribution < 1.29 is 9.21 Å². The molecule has 0 radical (unpaired) electrons. The largest absolute Gasteiger partial charge is 0.468 e. The maximum atomic E-state index is 12.3. The number of benzene rings is 1. The van der Waals surface area contributed by atoms with Crippen molar-refractivity contribution in [3.05, 3.63) is 59.5 Å². The molecular formula is C18H23N3O2. The summed E-state index contributed by atoms with van der Waals surface area (Å²) in [5.41, 5.74) is 2.35. The molecule has 1 saturated heterocycles. The van der Waals surface area contributed by atoms with Gasteiger partial charge in [-0.1, -0.05) is 29.8 Å². The van der Waals surface area contributed by atoms with E-state index in [0.29, 0.717) is 6.54 Å². The van der Waals surface area contributed by atoms with E-state index in [1.54, 1.807) is 6.26 Å². The van der Waals surface area contributed by atoms with Crippen molar-refractivity contribution in [2.24, 2.45) is 0 Å². The molecular weight excluding hydrogens is 290 g/mol. The number of nitrogens with one attached hydrogen (secondary N) is 1. The molecule has 1 fully saturated rings. The van der Waals surface area contributed by atoms with E-state index in [1.807, 2.05) is 29.2 Å². The molecule has 0 saturated carbocycles. The third-order valence-electron chi connectivity index (χ3n) is 4.15. The van der Waals surface area contributed by atoms with Crippen LogP contribution in [-0.2, 0) is 13.1 Å². The van der Waals surface area contributed by atoms with E-state index in [4.69, 9.17) is 4.42 Å². The van der Waals surface area contributed by atoms with Gasteiger partial charge >= 0.3 is 6.03 Å². The van der Waals surface area contributed by atoms with Crippen LogP contribution in [0.25, 0.3) is 0 Å². The molecule has 0 spiro atoms. The minimum absolute atomic E-state index is 0.0177. The van der Waals surface area contributed by atoms with Gasteiger partial charge in [-0.25, -0.2) is 4.79 Å². The van der Waals surface area contributed by atoms with E-state index in [-0.39, 0.29) is 6.03 Å². The number of carbonyl (C=O) groups excluding carboxylic acids is 1. The highest BCUT2D eigenvalue weighted by molar-refractivity contribution is 5.74. The Morgan fingerprint density at radius 3 is 2.70 bits per heavy atom. The number of carbonyl (C=O) groups is 1. The fourth-order valence-electron chi connectivity index (χ4n) is 2.84. The van der Waals surface area contributed by atoms with E-state index in [2.05, 4.69) is 29.3 Å². The van der Waals surface area contributed by atoms with E-state index >= 15 is 0 Å². The number of rotatable bonds is 4. The summed E-state index contributed by atoms with van der Waals surface area (Å²) in [5.74, 6) is 0.974. The van der Waals surface area contributed by atoms with Crippen molar-refractivity contribution in [1.82, 2.24) is 15.1 Å². The molecule has 23 heavy (non-hydrogen) atoms. The van der Waals surface area contributed by atoms with Crippen molar-refractivity contribution >= 4 is 6.03 Å². The zero-order chi connectivity index (χ0) is 16.1. The molecule has 5 heteroatoms. The maximum Gasteiger partial charge on any atom is 0.317 e. The number of urea groups is 1. The smallest absolute Gasteiger partial charge is 0.317 e. The van der Waals surface area contributed by atoms with Gasteiger partial charge in [-0.05, 0) is 24.6 Å². The number of nitrogens with zero attached hydrogens (tertiary/aromatic N) is 2. The lowest BCUT2D eigenvalue weighted by Gasteiger charge is -2.34. The molecule has 1 aliphatic heterocycles. The first-order valence-electron chi connectivity index (χ1n) is 8.04. The average molecular weight is 313 g/mol. The lowest BCUT2D eigenvalue weighted by molar-refractivity contribution is 0.130. The second-order valence-electron chi connectivity index (χ2n) is 5.99. The Morgan fingerprint density at radius 2 is 2.00 bits per heavy atom. The fraction of sp³-hybridized carbons (Fsp3) is 0.389. The highest BCUT2D eigenvalue weighted by Crippen LogP contribution is 2.09. The highest BCUT2D eigenvalue weighted by atomic mass is 16.3. The molecule has 2 amide bonds. The van der Waals surface area contributed by atoms with Crippen LogP contribution in [0.2, 0.25) is 0 Å². The summed E-state index contributed by atoms with van der Waals surface area (Å²) in [5, 5.41) is 3.01. The Balaban J connectivity index is 1.43. The van der Waals surface area contributed by atoms with Gasteiger partial charge in [0.1, 0.15) is 5.76 Å². The summed E-state index contributed by atoms with van der Waals surface area (Å²) in [7, 11) is 0. The second-order valence-corrected chi connectivity index (χ2v) is 5.99. The van der Waals surface area contributed by atoms with Gasteiger partial charge in [-0.15, -0.1) is 0 Å². The molecule has 5 nitrogen and oxygen atoms in total. The predicted octanol–water partition coefficient (Wildman–Crippen LogP) is 2.62. The minimum Gasteiger partial charge on any atom is -0.468 e. The predicted molar refractivity (Wildman–Crippen MR) is 89.0 cm³/mol. The number of hydrogen-bond acceptors (Lipinski definition) is 3. The van der Waals surface area contributed by atoms with Gasteiger partial charge in [0.25, 0.3) is 0 Å². The van der Waals surface area contributed by atoms with Crippen LogP contribution >= 0.6 is 0 Å². The molecule has 122 valence electrons. The highest BCUT2D eigenvalue weighted by Gasteiger charge is 2.21. The number of piperazine rings is 1. The summed E-state index contributed by atoms with van der Waals surface area (Å²) in [6, 6.07) is 12.1.